The zero-order valence-corrected chi connectivity index (χ0v) is 12.7. The summed E-state index contributed by atoms with van der Waals surface area (Å²) in [6.45, 7) is 5.61. The first-order valence-corrected chi connectivity index (χ1v) is 7.22. The van der Waals surface area contributed by atoms with Crippen molar-refractivity contribution in [3.63, 3.8) is 0 Å². The number of esters is 1. The fraction of sp³-hybridized carbons (Fsp3) is 0.375. The number of hydrogen-bond donors (Lipinski definition) is 0. The Morgan fingerprint density at radius 3 is 2.91 bits per heavy atom. The molecule has 0 aliphatic carbocycles. The van der Waals surface area contributed by atoms with E-state index in [0.29, 0.717) is 36.8 Å². The van der Waals surface area contributed by atoms with Crippen LogP contribution in [0.15, 0.2) is 24.3 Å². The first kappa shape index (κ1) is 14.4. The Balaban J connectivity index is 1.64. The molecule has 0 N–H and O–H groups in total. The summed E-state index contributed by atoms with van der Waals surface area (Å²) in [6.07, 6.45) is 0. The molecule has 2 heterocycles. The Hall–Kier alpha value is -2.50. The lowest BCUT2D eigenvalue weighted by Gasteiger charge is -2.20. The van der Waals surface area contributed by atoms with Gasteiger partial charge in [0.2, 0.25) is 0 Å². The fourth-order valence-electron chi connectivity index (χ4n) is 2.44. The number of hydrogen-bond acceptors (Lipinski definition) is 5. The third-order valence-corrected chi connectivity index (χ3v) is 3.43. The molecule has 6 nitrogen and oxygen atoms in total. The van der Waals surface area contributed by atoms with Gasteiger partial charge in [-0.05, 0) is 32.0 Å². The number of aryl methyl sites for hydroxylation is 2. The Labute approximate surface area is 128 Å². The van der Waals surface area contributed by atoms with E-state index in [-0.39, 0.29) is 6.61 Å². The van der Waals surface area contributed by atoms with Crippen molar-refractivity contribution in [3.8, 4) is 11.5 Å². The van der Waals surface area contributed by atoms with Crippen LogP contribution in [0, 0.1) is 13.8 Å². The molecule has 22 heavy (non-hydrogen) atoms. The van der Waals surface area contributed by atoms with E-state index in [1.54, 1.807) is 18.2 Å². The topological polar surface area (TPSA) is 62.6 Å². The van der Waals surface area contributed by atoms with Gasteiger partial charge >= 0.3 is 5.97 Å². The van der Waals surface area contributed by atoms with Gasteiger partial charge in [-0.15, -0.1) is 0 Å². The first-order valence-electron chi connectivity index (χ1n) is 7.22. The lowest BCUT2D eigenvalue weighted by Crippen LogP contribution is -2.19. The Bertz CT molecular complexity index is 693. The largest absolute Gasteiger partial charge is 0.486 e. The predicted molar refractivity (Wildman–Crippen MR) is 79.4 cm³/mol. The molecule has 0 unspecified atom stereocenters. The molecule has 0 amide bonds. The number of para-hydroxylation sites is 1. The highest BCUT2D eigenvalue weighted by Crippen LogP contribution is 2.33. The quantitative estimate of drug-likeness (QED) is 0.810. The van der Waals surface area contributed by atoms with E-state index < -0.39 is 5.97 Å². The minimum absolute atomic E-state index is 0.255. The Morgan fingerprint density at radius 2 is 2.14 bits per heavy atom. The van der Waals surface area contributed by atoms with Crippen molar-refractivity contribution in [1.82, 2.24) is 9.78 Å². The highest BCUT2D eigenvalue weighted by atomic mass is 16.6. The molecular formula is C16H18N2O4. The van der Waals surface area contributed by atoms with Crippen LogP contribution in [-0.2, 0) is 11.3 Å². The molecule has 0 atom stereocenters. The number of rotatable bonds is 4. The summed E-state index contributed by atoms with van der Waals surface area (Å²) in [7, 11) is 0. The number of nitrogens with zero attached hydrogens (tertiary/aromatic N) is 2. The molecule has 0 radical (unpaired) electrons. The molecule has 1 aliphatic rings. The molecule has 3 rings (SSSR count). The molecule has 0 bridgehead atoms. The normalized spacial score (nSPS) is 13.0. The third kappa shape index (κ3) is 2.90. The van der Waals surface area contributed by atoms with Crippen molar-refractivity contribution in [2.45, 2.75) is 20.4 Å². The van der Waals surface area contributed by atoms with E-state index in [4.69, 9.17) is 14.2 Å². The van der Waals surface area contributed by atoms with Crippen LogP contribution >= 0.6 is 0 Å². The van der Waals surface area contributed by atoms with Crippen LogP contribution in [0.3, 0.4) is 0 Å². The van der Waals surface area contributed by atoms with Crippen molar-refractivity contribution in [2.75, 3.05) is 19.8 Å². The molecule has 2 aromatic rings. The van der Waals surface area contributed by atoms with Crippen LogP contribution < -0.4 is 9.47 Å². The van der Waals surface area contributed by atoms with Crippen molar-refractivity contribution in [2.24, 2.45) is 0 Å². The molecule has 1 aromatic carbocycles. The summed E-state index contributed by atoms with van der Waals surface area (Å²) in [4.78, 5) is 12.2. The summed E-state index contributed by atoms with van der Waals surface area (Å²) in [5.74, 6) is 0.632. The van der Waals surface area contributed by atoms with Crippen molar-refractivity contribution in [3.05, 3.63) is 41.2 Å². The van der Waals surface area contributed by atoms with Gasteiger partial charge < -0.3 is 14.2 Å². The second kappa shape index (κ2) is 6.09. The summed E-state index contributed by atoms with van der Waals surface area (Å²) in [6, 6.07) is 7.20. The zero-order valence-electron chi connectivity index (χ0n) is 12.7. The number of aromatic nitrogens is 2. The van der Waals surface area contributed by atoms with Gasteiger partial charge in [-0.1, -0.05) is 6.07 Å². The number of ether oxygens (including phenoxy) is 3. The molecule has 0 spiro atoms. The molecule has 116 valence electrons. The second-order valence-corrected chi connectivity index (χ2v) is 5.12. The standard InChI is InChI=1S/C16H18N2O4/c1-11-10-12(2)18(17-11)6-7-22-16(19)13-4-3-5-14-15(13)21-9-8-20-14/h3-5,10H,6-9H2,1-2H3. The summed E-state index contributed by atoms with van der Waals surface area (Å²) in [5, 5.41) is 4.33. The van der Waals surface area contributed by atoms with Crippen LogP contribution in [0.5, 0.6) is 11.5 Å². The zero-order chi connectivity index (χ0) is 15.5. The monoisotopic (exact) mass is 302 g/mol. The average molecular weight is 302 g/mol. The van der Waals surface area contributed by atoms with E-state index in [2.05, 4.69) is 5.10 Å². The van der Waals surface area contributed by atoms with Gasteiger partial charge in [0, 0.05) is 5.69 Å². The summed E-state index contributed by atoms with van der Waals surface area (Å²) < 4.78 is 18.1. The van der Waals surface area contributed by atoms with E-state index in [1.165, 1.54) is 0 Å². The molecule has 0 saturated carbocycles. The molecular weight excluding hydrogens is 284 g/mol. The van der Waals surface area contributed by atoms with Crippen LogP contribution in [-0.4, -0.2) is 35.6 Å². The van der Waals surface area contributed by atoms with Gasteiger partial charge in [-0.2, -0.15) is 5.10 Å². The summed E-state index contributed by atoms with van der Waals surface area (Å²) >= 11 is 0. The molecule has 0 saturated heterocycles. The van der Waals surface area contributed by atoms with E-state index in [9.17, 15) is 4.79 Å². The van der Waals surface area contributed by atoms with E-state index in [1.807, 2.05) is 24.6 Å². The van der Waals surface area contributed by atoms with E-state index >= 15 is 0 Å². The molecule has 1 aromatic heterocycles. The maximum atomic E-state index is 12.2. The maximum Gasteiger partial charge on any atom is 0.342 e. The van der Waals surface area contributed by atoms with Crippen molar-refractivity contribution < 1.29 is 19.0 Å². The van der Waals surface area contributed by atoms with Gasteiger partial charge in [0.25, 0.3) is 0 Å². The van der Waals surface area contributed by atoms with Crippen molar-refractivity contribution in [1.29, 1.82) is 0 Å². The Morgan fingerprint density at radius 1 is 1.32 bits per heavy atom. The maximum absolute atomic E-state index is 12.2. The van der Waals surface area contributed by atoms with Crippen LogP contribution in [0.4, 0.5) is 0 Å². The summed E-state index contributed by atoms with van der Waals surface area (Å²) in [5.41, 5.74) is 2.39. The molecule has 1 aliphatic heterocycles. The minimum atomic E-state index is -0.413. The first-order chi connectivity index (χ1) is 10.6. The third-order valence-electron chi connectivity index (χ3n) is 3.43. The fourth-order valence-corrected chi connectivity index (χ4v) is 2.44. The Kier molecular flexibility index (Phi) is 4.00. The minimum Gasteiger partial charge on any atom is -0.486 e. The van der Waals surface area contributed by atoms with Crippen LogP contribution in [0.2, 0.25) is 0 Å². The van der Waals surface area contributed by atoms with Gasteiger partial charge in [-0.25, -0.2) is 4.79 Å². The van der Waals surface area contributed by atoms with E-state index in [0.717, 1.165) is 11.4 Å². The SMILES string of the molecule is Cc1cc(C)n(CCOC(=O)c2cccc3c2OCCO3)n1. The average Bonchev–Trinajstić information content (AvgIpc) is 2.84. The highest BCUT2D eigenvalue weighted by Gasteiger charge is 2.21. The predicted octanol–water partition coefficient (Wildman–Crippen LogP) is 2.13. The van der Waals surface area contributed by atoms with Gasteiger partial charge in [0.05, 0.1) is 12.2 Å². The number of carbonyl (C=O) groups is 1. The molecule has 6 heteroatoms. The van der Waals surface area contributed by atoms with Crippen molar-refractivity contribution >= 4 is 5.97 Å². The smallest absolute Gasteiger partial charge is 0.342 e. The van der Waals surface area contributed by atoms with Crippen LogP contribution in [0.25, 0.3) is 0 Å². The molecule has 0 fully saturated rings. The van der Waals surface area contributed by atoms with Crippen LogP contribution in [0.1, 0.15) is 21.7 Å². The lowest BCUT2D eigenvalue weighted by atomic mass is 10.2. The number of fused-ring (bicyclic) bond motifs is 1. The second-order valence-electron chi connectivity index (χ2n) is 5.12. The number of carbonyl (C=O) groups excluding carboxylic acids is 1. The lowest BCUT2D eigenvalue weighted by molar-refractivity contribution is 0.0477. The number of benzene rings is 1. The van der Waals surface area contributed by atoms with Gasteiger partial charge in [-0.3, -0.25) is 4.68 Å². The van der Waals surface area contributed by atoms with Gasteiger partial charge in [0.15, 0.2) is 11.5 Å². The van der Waals surface area contributed by atoms with Gasteiger partial charge in [0.1, 0.15) is 25.4 Å². The highest BCUT2D eigenvalue weighted by molar-refractivity contribution is 5.93.